The lowest BCUT2D eigenvalue weighted by molar-refractivity contribution is -0.204. The van der Waals surface area contributed by atoms with E-state index in [0.29, 0.717) is 38.3 Å². The predicted octanol–water partition coefficient (Wildman–Crippen LogP) is 5.71. The molecule has 0 aromatic rings. The largest absolute Gasteiger partial charge is 0.373 e. The lowest BCUT2D eigenvalue weighted by Gasteiger charge is -2.34. The highest BCUT2D eigenvalue weighted by molar-refractivity contribution is 4.91. The molecule has 2 aliphatic heterocycles. The van der Waals surface area contributed by atoms with Crippen molar-refractivity contribution in [1.29, 1.82) is 0 Å². The maximum atomic E-state index is 6.47. The SMILES string of the molecule is CC(C)CCCCO[C@@H]([C@H](OCCCCC(C)C)[C@H]1COC(C)(C)O1)[C@H]1COC(C)(C)O1. The van der Waals surface area contributed by atoms with E-state index >= 15 is 0 Å². The van der Waals surface area contributed by atoms with Gasteiger partial charge in [-0.2, -0.15) is 0 Å². The summed E-state index contributed by atoms with van der Waals surface area (Å²) in [4.78, 5) is 0. The van der Waals surface area contributed by atoms with Gasteiger partial charge in [-0.05, 0) is 52.4 Å². The van der Waals surface area contributed by atoms with Gasteiger partial charge in [0.15, 0.2) is 11.6 Å². The molecular formula is C26H50O6. The van der Waals surface area contributed by atoms with E-state index in [-0.39, 0.29) is 24.4 Å². The van der Waals surface area contributed by atoms with Crippen LogP contribution in [-0.2, 0) is 28.4 Å². The monoisotopic (exact) mass is 458 g/mol. The standard InChI is InChI=1S/C26H50O6/c1-19(2)13-9-11-15-27-23(21-17-29-25(5,6)31-21)24(22-18-30-26(7,8)32-22)28-16-12-10-14-20(3)4/h19-24H,9-18H2,1-8H3/t21-,22-,23-,24-/m1/s1. The number of unbranched alkanes of at least 4 members (excludes halogenated alkanes) is 2. The Morgan fingerprint density at radius 1 is 0.656 bits per heavy atom. The second kappa shape index (κ2) is 13.0. The van der Waals surface area contributed by atoms with Crippen LogP contribution >= 0.6 is 0 Å². The molecule has 0 N–H and O–H groups in total. The first-order valence-electron chi connectivity index (χ1n) is 12.9. The third-order valence-corrected chi connectivity index (χ3v) is 6.09. The Bertz CT molecular complexity index is 472. The third kappa shape index (κ3) is 9.94. The van der Waals surface area contributed by atoms with E-state index in [1.165, 1.54) is 12.8 Å². The van der Waals surface area contributed by atoms with Crippen LogP contribution in [0.2, 0.25) is 0 Å². The summed E-state index contributed by atoms with van der Waals surface area (Å²) in [6.07, 6.45) is 5.91. The molecule has 0 aliphatic carbocycles. The average molecular weight is 459 g/mol. The summed E-state index contributed by atoms with van der Waals surface area (Å²) >= 11 is 0. The molecule has 0 amide bonds. The maximum Gasteiger partial charge on any atom is 0.163 e. The molecule has 2 saturated heterocycles. The van der Waals surface area contributed by atoms with Crippen LogP contribution in [0.1, 0.15) is 93.9 Å². The second-order valence-corrected chi connectivity index (χ2v) is 11.2. The summed E-state index contributed by atoms with van der Waals surface area (Å²) in [6.45, 7) is 19.2. The first-order chi connectivity index (χ1) is 15.0. The van der Waals surface area contributed by atoms with Gasteiger partial charge in [-0.3, -0.25) is 0 Å². The highest BCUT2D eigenvalue weighted by atomic mass is 16.8. The average Bonchev–Trinajstić information content (AvgIpc) is 3.22. The van der Waals surface area contributed by atoms with Crippen molar-refractivity contribution in [2.45, 2.75) is 130 Å². The minimum absolute atomic E-state index is 0.192. The lowest BCUT2D eigenvalue weighted by Crippen LogP contribution is -2.50. The van der Waals surface area contributed by atoms with Gasteiger partial charge < -0.3 is 28.4 Å². The molecule has 6 heteroatoms. The topological polar surface area (TPSA) is 55.4 Å². The van der Waals surface area contributed by atoms with Crippen LogP contribution in [0.25, 0.3) is 0 Å². The molecule has 0 radical (unpaired) electrons. The molecule has 2 fully saturated rings. The molecule has 32 heavy (non-hydrogen) atoms. The van der Waals surface area contributed by atoms with Crippen molar-refractivity contribution in [3.63, 3.8) is 0 Å². The van der Waals surface area contributed by atoms with Gasteiger partial charge in [0.2, 0.25) is 0 Å². The summed E-state index contributed by atoms with van der Waals surface area (Å²) in [5, 5.41) is 0. The van der Waals surface area contributed by atoms with Gasteiger partial charge in [0.25, 0.3) is 0 Å². The fourth-order valence-electron chi connectivity index (χ4n) is 4.33. The van der Waals surface area contributed by atoms with E-state index in [1.807, 2.05) is 27.7 Å². The lowest BCUT2D eigenvalue weighted by atomic mass is 10.0. The molecular weight excluding hydrogens is 408 g/mol. The molecule has 0 unspecified atom stereocenters. The highest BCUT2D eigenvalue weighted by Gasteiger charge is 2.47. The van der Waals surface area contributed by atoms with E-state index in [2.05, 4.69) is 27.7 Å². The van der Waals surface area contributed by atoms with Gasteiger partial charge in [0.05, 0.1) is 13.2 Å². The Morgan fingerprint density at radius 3 is 1.31 bits per heavy atom. The zero-order valence-electron chi connectivity index (χ0n) is 22.0. The quantitative estimate of drug-likeness (QED) is 0.293. The van der Waals surface area contributed by atoms with E-state index in [9.17, 15) is 0 Å². The van der Waals surface area contributed by atoms with Crippen LogP contribution in [0, 0.1) is 11.8 Å². The highest BCUT2D eigenvalue weighted by Crippen LogP contribution is 2.33. The van der Waals surface area contributed by atoms with Crippen LogP contribution in [0.4, 0.5) is 0 Å². The molecule has 0 aromatic heterocycles. The zero-order chi connectivity index (χ0) is 23.8. The Morgan fingerprint density at radius 2 is 1.03 bits per heavy atom. The Hall–Kier alpha value is -0.240. The van der Waals surface area contributed by atoms with E-state index in [0.717, 1.165) is 25.7 Å². The molecule has 4 atom stereocenters. The van der Waals surface area contributed by atoms with Crippen molar-refractivity contribution in [3.8, 4) is 0 Å². The third-order valence-electron chi connectivity index (χ3n) is 6.09. The first kappa shape index (κ1) is 28.0. The van der Waals surface area contributed by atoms with E-state index in [1.54, 1.807) is 0 Å². The molecule has 0 bridgehead atoms. The van der Waals surface area contributed by atoms with Crippen molar-refractivity contribution < 1.29 is 28.4 Å². The minimum atomic E-state index is -0.613. The van der Waals surface area contributed by atoms with Gasteiger partial charge in [0.1, 0.15) is 24.4 Å². The van der Waals surface area contributed by atoms with Gasteiger partial charge in [0, 0.05) is 13.2 Å². The number of rotatable bonds is 15. The van der Waals surface area contributed by atoms with Crippen molar-refractivity contribution in [2.75, 3.05) is 26.4 Å². The zero-order valence-corrected chi connectivity index (χ0v) is 22.0. The fraction of sp³-hybridized carbons (Fsp3) is 1.00. The Labute approximate surface area is 197 Å². The molecule has 0 spiro atoms. The van der Waals surface area contributed by atoms with Crippen LogP contribution in [0.15, 0.2) is 0 Å². The normalized spacial score (nSPS) is 26.8. The molecule has 190 valence electrons. The number of hydrogen-bond acceptors (Lipinski definition) is 6. The van der Waals surface area contributed by atoms with Gasteiger partial charge >= 0.3 is 0 Å². The van der Waals surface area contributed by atoms with Crippen molar-refractivity contribution in [3.05, 3.63) is 0 Å². The molecule has 2 rings (SSSR count). The van der Waals surface area contributed by atoms with Crippen LogP contribution in [-0.4, -0.2) is 62.4 Å². The maximum absolute atomic E-state index is 6.47. The minimum Gasteiger partial charge on any atom is -0.373 e. The number of hydrogen-bond donors (Lipinski definition) is 0. The van der Waals surface area contributed by atoms with Gasteiger partial charge in [-0.15, -0.1) is 0 Å². The summed E-state index contributed by atoms with van der Waals surface area (Å²) in [5.41, 5.74) is 0. The van der Waals surface area contributed by atoms with Crippen molar-refractivity contribution in [2.24, 2.45) is 11.8 Å². The van der Waals surface area contributed by atoms with Gasteiger partial charge in [-0.25, -0.2) is 0 Å². The molecule has 0 saturated carbocycles. The summed E-state index contributed by atoms with van der Waals surface area (Å²) < 4.78 is 37.2. The van der Waals surface area contributed by atoms with Crippen molar-refractivity contribution >= 4 is 0 Å². The predicted molar refractivity (Wildman–Crippen MR) is 127 cm³/mol. The molecule has 6 nitrogen and oxygen atoms in total. The first-order valence-corrected chi connectivity index (χ1v) is 12.9. The Kier molecular flexibility index (Phi) is 11.4. The number of ether oxygens (including phenoxy) is 6. The van der Waals surface area contributed by atoms with Gasteiger partial charge in [-0.1, -0.05) is 53.4 Å². The molecule has 2 heterocycles. The smallest absolute Gasteiger partial charge is 0.163 e. The van der Waals surface area contributed by atoms with E-state index in [4.69, 9.17) is 28.4 Å². The summed E-state index contributed by atoms with van der Waals surface area (Å²) in [7, 11) is 0. The summed E-state index contributed by atoms with van der Waals surface area (Å²) in [5.74, 6) is 0.202. The van der Waals surface area contributed by atoms with E-state index < -0.39 is 11.6 Å². The second-order valence-electron chi connectivity index (χ2n) is 11.2. The Balaban J connectivity index is 2.05. The fourth-order valence-corrected chi connectivity index (χ4v) is 4.33. The van der Waals surface area contributed by atoms with Crippen LogP contribution < -0.4 is 0 Å². The van der Waals surface area contributed by atoms with Crippen LogP contribution in [0.5, 0.6) is 0 Å². The van der Waals surface area contributed by atoms with Crippen molar-refractivity contribution in [1.82, 2.24) is 0 Å². The summed E-state index contributed by atoms with van der Waals surface area (Å²) in [6, 6.07) is 0. The molecule has 2 aliphatic rings. The molecule has 0 aromatic carbocycles. The van der Waals surface area contributed by atoms with Crippen LogP contribution in [0.3, 0.4) is 0 Å².